The van der Waals surface area contributed by atoms with E-state index in [1.807, 2.05) is 6.20 Å². The molecule has 4 rings (SSSR count). The smallest absolute Gasteiger partial charge is 0.266 e. The molecule has 1 aromatic carbocycles. The molecule has 2 aromatic rings. The van der Waals surface area contributed by atoms with Crippen LogP contribution in [0, 0.1) is 0 Å². The van der Waals surface area contributed by atoms with Crippen molar-refractivity contribution in [3.05, 3.63) is 36.0 Å². The van der Waals surface area contributed by atoms with Crippen molar-refractivity contribution in [2.45, 2.75) is 30.9 Å². The van der Waals surface area contributed by atoms with Crippen LogP contribution in [0.25, 0.3) is 10.4 Å². The van der Waals surface area contributed by atoms with Gasteiger partial charge in [0.05, 0.1) is 4.88 Å². The number of sulfonamides is 1. The van der Waals surface area contributed by atoms with Gasteiger partial charge in [-0.05, 0) is 17.5 Å². The summed E-state index contributed by atoms with van der Waals surface area (Å²) in [6.07, 6.45) is 2.89. The first-order chi connectivity index (χ1) is 15.4. The van der Waals surface area contributed by atoms with E-state index < -0.39 is 20.7 Å². The maximum Gasteiger partial charge on any atom is 0.266 e. The number of aromatic nitrogens is 1. The van der Waals surface area contributed by atoms with Crippen LogP contribution >= 0.6 is 11.3 Å². The number of thiazole rings is 1. The Bertz CT molecular complexity index is 1040. The molecule has 0 bridgehead atoms. The number of piperazine rings is 1. The lowest BCUT2D eigenvalue weighted by molar-refractivity contribution is -0.134. The summed E-state index contributed by atoms with van der Waals surface area (Å²) in [5.74, 6) is -0.887. The Morgan fingerprint density at radius 2 is 1.84 bits per heavy atom. The number of hydrogen-bond acceptors (Lipinski definition) is 8. The third-order valence-corrected chi connectivity index (χ3v) is 10.0. The summed E-state index contributed by atoms with van der Waals surface area (Å²) in [4.78, 5) is 20.1. The van der Waals surface area contributed by atoms with Gasteiger partial charge in [0, 0.05) is 58.4 Å². The first-order valence-electron chi connectivity index (χ1n) is 10.7. The normalized spacial score (nSPS) is 19.6. The molecule has 1 aromatic heterocycles. The summed E-state index contributed by atoms with van der Waals surface area (Å²) < 4.78 is 31.8. The molecule has 0 unspecified atom stereocenters. The molecular weight excluding hydrogens is 452 g/mol. The fourth-order valence-corrected chi connectivity index (χ4v) is 7.30. The molecule has 0 saturated carbocycles. The summed E-state index contributed by atoms with van der Waals surface area (Å²) in [7, 11) is -3.97. The third kappa shape index (κ3) is 4.15. The first kappa shape index (κ1) is 23.1. The summed E-state index contributed by atoms with van der Waals surface area (Å²) >= 11 is 1.58. The number of carbonyl (C=O) groups is 1. The number of hydrogen-bond donors (Lipinski definition) is 2. The van der Waals surface area contributed by atoms with Crippen molar-refractivity contribution in [2.24, 2.45) is 0 Å². The first-order valence-corrected chi connectivity index (χ1v) is 13.0. The second-order valence-electron chi connectivity index (χ2n) is 8.00. The van der Waals surface area contributed by atoms with E-state index in [4.69, 9.17) is 4.74 Å². The van der Waals surface area contributed by atoms with Gasteiger partial charge < -0.3 is 9.64 Å². The average molecular weight is 481 g/mol. The summed E-state index contributed by atoms with van der Waals surface area (Å²) in [6.45, 7) is 3.91. The van der Waals surface area contributed by atoms with Gasteiger partial charge in [0.15, 0.2) is 9.88 Å². The molecule has 3 heterocycles. The molecule has 9 nitrogen and oxygen atoms in total. The van der Waals surface area contributed by atoms with Gasteiger partial charge in [-0.3, -0.25) is 10.0 Å². The van der Waals surface area contributed by atoms with Gasteiger partial charge in [-0.1, -0.05) is 42.5 Å². The molecule has 2 aliphatic rings. The Labute approximate surface area is 192 Å². The number of nitrogens with one attached hydrogen (secondary N) is 1. The quantitative estimate of drug-likeness (QED) is 0.480. The molecule has 2 aliphatic heterocycles. The molecule has 1 amide bonds. The zero-order chi connectivity index (χ0) is 22.8. The van der Waals surface area contributed by atoms with Crippen molar-refractivity contribution in [1.29, 1.82) is 0 Å². The Kier molecular flexibility index (Phi) is 6.82. The van der Waals surface area contributed by atoms with Gasteiger partial charge in [-0.2, -0.15) is 4.31 Å². The highest BCUT2D eigenvalue weighted by molar-refractivity contribution is 7.91. The summed E-state index contributed by atoms with van der Waals surface area (Å²) in [5, 5.41) is 10.0. The highest BCUT2D eigenvalue weighted by Crippen LogP contribution is 2.35. The van der Waals surface area contributed by atoms with E-state index >= 15 is 0 Å². The maximum absolute atomic E-state index is 13.4. The fourth-order valence-electron chi connectivity index (χ4n) is 4.22. The number of benzene rings is 1. The van der Waals surface area contributed by atoms with Crippen LogP contribution in [-0.4, -0.2) is 73.0 Å². The minimum absolute atomic E-state index is 0.0224. The van der Waals surface area contributed by atoms with Crippen LogP contribution in [0.15, 0.2) is 30.5 Å². The van der Waals surface area contributed by atoms with E-state index in [1.165, 1.54) is 9.87 Å². The van der Waals surface area contributed by atoms with Gasteiger partial charge in [0.2, 0.25) is 10.0 Å². The van der Waals surface area contributed by atoms with Gasteiger partial charge in [-0.25, -0.2) is 18.9 Å². The lowest BCUT2D eigenvalue weighted by Gasteiger charge is -2.41. The molecule has 32 heavy (non-hydrogen) atoms. The lowest BCUT2D eigenvalue weighted by atomic mass is 9.98. The predicted octanol–water partition coefficient (Wildman–Crippen LogP) is 1.88. The fraction of sp³-hybridized carbons (Fsp3) is 0.524. The van der Waals surface area contributed by atoms with E-state index in [2.05, 4.69) is 41.1 Å². The van der Waals surface area contributed by atoms with Gasteiger partial charge in [0.1, 0.15) is 0 Å². The van der Waals surface area contributed by atoms with Crippen molar-refractivity contribution in [3.63, 3.8) is 0 Å². The number of amides is 1. The minimum atomic E-state index is -3.97. The Morgan fingerprint density at radius 1 is 1.19 bits per heavy atom. The van der Waals surface area contributed by atoms with Crippen LogP contribution in [0.1, 0.15) is 25.3 Å². The number of ether oxygens (including phenoxy) is 1. The van der Waals surface area contributed by atoms with E-state index in [0.29, 0.717) is 13.1 Å². The minimum Gasteiger partial charge on any atom is -0.381 e. The number of aryl methyl sites for hydroxylation is 1. The van der Waals surface area contributed by atoms with Crippen molar-refractivity contribution in [1.82, 2.24) is 14.8 Å². The van der Waals surface area contributed by atoms with Gasteiger partial charge in [0.25, 0.3) is 5.91 Å². The second kappa shape index (κ2) is 9.44. The van der Waals surface area contributed by atoms with Crippen LogP contribution in [0.5, 0.6) is 0 Å². The van der Waals surface area contributed by atoms with Crippen molar-refractivity contribution < 1.29 is 23.2 Å². The monoisotopic (exact) mass is 480 g/mol. The molecule has 2 fully saturated rings. The van der Waals surface area contributed by atoms with Crippen LogP contribution < -0.4 is 10.4 Å². The van der Waals surface area contributed by atoms with Gasteiger partial charge in [-0.15, -0.1) is 0 Å². The highest BCUT2D eigenvalue weighted by Gasteiger charge is 2.54. The largest absolute Gasteiger partial charge is 0.381 e. The molecule has 2 saturated heterocycles. The molecule has 0 radical (unpaired) electrons. The van der Waals surface area contributed by atoms with E-state index in [-0.39, 0.29) is 39.1 Å². The van der Waals surface area contributed by atoms with Crippen LogP contribution in [0.4, 0.5) is 5.13 Å². The lowest BCUT2D eigenvalue weighted by Crippen LogP contribution is -2.62. The maximum atomic E-state index is 13.4. The summed E-state index contributed by atoms with van der Waals surface area (Å²) in [6, 6.07) is 8.43. The number of hydroxylamine groups is 1. The highest BCUT2D eigenvalue weighted by atomic mass is 32.2. The van der Waals surface area contributed by atoms with Crippen molar-refractivity contribution in [3.8, 4) is 10.4 Å². The predicted molar refractivity (Wildman–Crippen MR) is 122 cm³/mol. The van der Waals surface area contributed by atoms with Crippen LogP contribution in [0.3, 0.4) is 0 Å². The Balaban J connectivity index is 1.46. The standard InChI is InChI=1S/C21H28N4O5S2/c1-2-16-3-5-17(6-4-16)18-15-22-20(31-18)24-9-11-25(12-10-24)32(28,29)21(19(26)23-27)7-13-30-14-8-21/h3-6,15,27H,2,7-14H2,1H3,(H,23,26). The molecule has 11 heteroatoms. The topological polar surface area (TPSA) is 112 Å². The van der Waals surface area contributed by atoms with Crippen molar-refractivity contribution in [2.75, 3.05) is 44.3 Å². The van der Waals surface area contributed by atoms with Crippen LogP contribution in [-0.2, 0) is 26.0 Å². The molecule has 174 valence electrons. The zero-order valence-electron chi connectivity index (χ0n) is 18.0. The SMILES string of the molecule is CCc1ccc(-c2cnc(N3CCN(S(=O)(=O)C4(C(=O)NO)CCOCC4)CC3)s2)cc1. The molecular formula is C21H28N4O5S2. The molecule has 0 spiro atoms. The third-order valence-electron chi connectivity index (χ3n) is 6.30. The van der Waals surface area contributed by atoms with E-state index in [0.717, 1.165) is 22.0 Å². The number of rotatable bonds is 6. The Hall–Kier alpha value is -2.05. The number of carbonyl (C=O) groups excluding carboxylic acids is 1. The second-order valence-corrected chi connectivity index (χ2v) is 11.3. The molecule has 2 N–H and O–H groups in total. The van der Waals surface area contributed by atoms with Crippen molar-refractivity contribution >= 4 is 32.4 Å². The summed E-state index contributed by atoms with van der Waals surface area (Å²) in [5.41, 5.74) is 3.96. The zero-order valence-corrected chi connectivity index (χ0v) is 19.6. The average Bonchev–Trinajstić information content (AvgIpc) is 3.34. The number of nitrogens with zero attached hydrogens (tertiary/aromatic N) is 3. The Morgan fingerprint density at radius 3 is 2.44 bits per heavy atom. The van der Waals surface area contributed by atoms with Crippen LogP contribution in [0.2, 0.25) is 0 Å². The number of anilines is 1. The molecule has 0 atom stereocenters. The van der Waals surface area contributed by atoms with E-state index in [1.54, 1.807) is 16.8 Å². The van der Waals surface area contributed by atoms with E-state index in [9.17, 15) is 18.4 Å². The molecule has 0 aliphatic carbocycles. The van der Waals surface area contributed by atoms with Gasteiger partial charge >= 0.3 is 0 Å².